The number of benzene rings is 1. The summed E-state index contributed by atoms with van der Waals surface area (Å²) < 4.78 is 41.6. The lowest BCUT2D eigenvalue weighted by atomic mass is 10.3. The molecule has 1 N–H and O–H groups in total. The summed E-state index contributed by atoms with van der Waals surface area (Å²) in [5, 5.41) is 15.2. The molecule has 31 heavy (non-hydrogen) atoms. The standard InChI is InChI=1S/C17H14Cl3F3N6OS/c1-3-29-15(12-6-13(17(21,22)23)27-28(12)2)25-26-16(29)31-7-14(30)24-11-5-9(19)8(18)4-10(11)20/h4-6H,3,7H2,1-2H3,(H,24,30). The molecule has 0 unspecified atom stereocenters. The van der Waals surface area contributed by atoms with Crippen molar-refractivity contribution in [3.05, 3.63) is 39.0 Å². The molecule has 1 amide bonds. The van der Waals surface area contributed by atoms with Crippen LogP contribution in [0.1, 0.15) is 12.6 Å². The molecule has 2 heterocycles. The Morgan fingerprint density at radius 3 is 2.42 bits per heavy atom. The van der Waals surface area contributed by atoms with Crippen LogP contribution in [-0.4, -0.2) is 36.2 Å². The van der Waals surface area contributed by atoms with E-state index in [1.165, 1.54) is 19.2 Å². The van der Waals surface area contributed by atoms with Gasteiger partial charge in [-0.15, -0.1) is 10.2 Å². The molecule has 2 aromatic heterocycles. The Kier molecular flexibility index (Phi) is 7.09. The van der Waals surface area contributed by atoms with Gasteiger partial charge < -0.3 is 9.88 Å². The van der Waals surface area contributed by atoms with Gasteiger partial charge in [0.1, 0.15) is 5.69 Å². The van der Waals surface area contributed by atoms with Gasteiger partial charge in [0.05, 0.1) is 26.5 Å². The lowest BCUT2D eigenvalue weighted by Crippen LogP contribution is -2.15. The second kappa shape index (κ2) is 9.27. The number of thioether (sulfide) groups is 1. The van der Waals surface area contributed by atoms with Crippen molar-refractivity contribution in [3.8, 4) is 11.5 Å². The maximum absolute atomic E-state index is 13.0. The quantitative estimate of drug-likeness (QED) is 0.352. The van der Waals surface area contributed by atoms with Gasteiger partial charge in [0.2, 0.25) is 5.91 Å². The van der Waals surface area contributed by atoms with E-state index in [0.717, 1.165) is 22.5 Å². The van der Waals surface area contributed by atoms with Crippen LogP contribution in [0, 0.1) is 0 Å². The van der Waals surface area contributed by atoms with E-state index in [1.54, 1.807) is 11.5 Å². The molecular formula is C17H14Cl3F3N6OS. The maximum Gasteiger partial charge on any atom is 0.435 e. The summed E-state index contributed by atoms with van der Waals surface area (Å²) in [7, 11) is 1.39. The van der Waals surface area contributed by atoms with E-state index in [4.69, 9.17) is 34.8 Å². The zero-order chi connectivity index (χ0) is 22.9. The zero-order valence-electron chi connectivity index (χ0n) is 16.0. The zero-order valence-corrected chi connectivity index (χ0v) is 19.1. The van der Waals surface area contributed by atoms with Crippen LogP contribution in [0.2, 0.25) is 15.1 Å². The van der Waals surface area contributed by atoms with Crippen molar-refractivity contribution in [3.63, 3.8) is 0 Å². The monoisotopic (exact) mass is 512 g/mol. The minimum atomic E-state index is -4.57. The highest BCUT2D eigenvalue weighted by molar-refractivity contribution is 7.99. The van der Waals surface area contributed by atoms with Gasteiger partial charge in [-0.1, -0.05) is 46.6 Å². The Hall–Kier alpha value is -1.95. The molecular weight excluding hydrogens is 500 g/mol. The average molecular weight is 514 g/mol. The fraction of sp³-hybridized carbons (Fsp3) is 0.294. The summed E-state index contributed by atoms with van der Waals surface area (Å²) >= 11 is 18.9. The first-order chi connectivity index (χ1) is 14.5. The molecule has 3 rings (SSSR count). The number of rotatable bonds is 6. The topological polar surface area (TPSA) is 77.6 Å². The Balaban J connectivity index is 1.75. The van der Waals surface area contributed by atoms with Crippen molar-refractivity contribution in [1.82, 2.24) is 24.5 Å². The van der Waals surface area contributed by atoms with Gasteiger partial charge in [-0.25, -0.2) is 0 Å². The Labute approximate surface area is 193 Å². The van der Waals surface area contributed by atoms with Crippen LogP contribution in [0.3, 0.4) is 0 Å². The second-order valence-electron chi connectivity index (χ2n) is 6.17. The smallest absolute Gasteiger partial charge is 0.324 e. The normalized spacial score (nSPS) is 11.7. The molecule has 1 aromatic carbocycles. The molecule has 0 radical (unpaired) electrons. The first kappa shape index (κ1) is 23.7. The van der Waals surface area contributed by atoms with Crippen LogP contribution in [-0.2, 0) is 24.6 Å². The highest BCUT2D eigenvalue weighted by atomic mass is 35.5. The fourth-order valence-electron chi connectivity index (χ4n) is 2.62. The summed E-state index contributed by atoms with van der Waals surface area (Å²) in [5.74, 6) is -0.228. The van der Waals surface area contributed by atoms with Gasteiger partial charge in [0, 0.05) is 13.6 Å². The minimum absolute atomic E-state index is 0.0477. The van der Waals surface area contributed by atoms with Gasteiger partial charge >= 0.3 is 6.18 Å². The molecule has 7 nitrogen and oxygen atoms in total. The van der Waals surface area contributed by atoms with Gasteiger partial charge in [0.25, 0.3) is 0 Å². The van der Waals surface area contributed by atoms with Gasteiger partial charge in [-0.2, -0.15) is 18.3 Å². The van der Waals surface area contributed by atoms with Crippen molar-refractivity contribution in [1.29, 1.82) is 0 Å². The van der Waals surface area contributed by atoms with E-state index in [1.807, 2.05) is 0 Å². The number of nitrogens with one attached hydrogen (secondary N) is 1. The molecule has 0 fully saturated rings. The van der Waals surface area contributed by atoms with E-state index in [2.05, 4.69) is 20.6 Å². The molecule has 0 bridgehead atoms. The number of carbonyl (C=O) groups excluding carboxylic acids is 1. The lowest BCUT2D eigenvalue weighted by Gasteiger charge is -2.09. The van der Waals surface area contributed by atoms with Crippen molar-refractivity contribution in [2.45, 2.75) is 24.8 Å². The number of carbonyl (C=O) groups is 1. The molecule has 0 saturated carbocycles. The third-order valence-corrected chi connectivity index (χ3v) is 6.05. The molecule has 0 aliphatic heterocycles. The van der Waals surface area contributed by atoms with Crippen molar-refractivity contribution >= 4 is 58.2 Å². The van der Waals surface area contributed by atoms with Gasteiger partial charge in [-0.3, -0.25) is 9.48 Å². The number of aryl methyl sites for hydroxylation is 1. The van der Waals surface area contributed by atoms with Gasteiger partial charge in [0.15, 0.2) is 16.7 Å². The van der Waals surface area contributed by atoms with Crippen molar-refractivity contribution in [2.75, 3.05) is 11.1 Å². The largest absolute Gasteiger partial charge is 0.435 e. The maximum atomic E-state index is 13.0. The molecule has 0 aliphatic rings. The van der Waals surface area contributed by atoms with Crippen molar-refractivity contribution < 1.29 is 18.0 Å². The third-order valence-electron chi connectivity index (χ3n) is 4.05. The third kappa shape index (κ3) is 5.28. The second-order valence-corrected chi connectivity index (χ2v) is 8.33. The SMILES string of the molecule is CCn1c(SCC(=O)Nc2cc(Cl)c(Cl)cc2Cl)nnc1-c1cc(C(F)(F)F)nn1C. The van der Waals surface area contributed by atoms with Gasteiger partial charge in [-0.05, 0) is 25.1 Å². The van der Waals surface area contributed by atoms with Crippen LogP contribution in [0.4, 0.5) is 18.9 Å². The van der Waals surface area contributed by atoms with E-state index in [9.17, 15) is 18.0 Å². The molecule has 0 aliphatic carbocycles. The number of anilines is 1. The van der Waals surface area contributed by atoms with Crippen molar-refractivity contribution in [2.24, 2.45) is 7.05 Å². The predicted molar refractivity (Wildman–Crippen MR) is 114 cm³/mol. The molecule has 0 saturated heterocycles. The number of nitrogens with zero attached hydrogens (tertiary/aromatic N) is 5. The van der Waals surface area contributed by atoms with E-state index in [-0.39, 0.29) is 32.3 Å². The lowest BCUT2D eigenvalue weighted by molar-refractivity contribution is -0.141. The summed E-state index contributed by atoms with van der Waals surface area (Å²) in [6.07, 6.45) is -4.57. The average Bonchev–Trinajstić information content (AvgIpc) is 3.26. The summed E-state index contributed by atoms with van der Waals surface area (Å²) in [6, 6.07) is 3.75. The van der Waals surface area contributed by atoms with E-state index in [0.29, 0.717) is 17.4 Å². The number of hydrogen-bond acceptors (Lipinski definition) is 5. The first-order valence-corrected chi connectivity index (χ1v) is 10.7. The number of aromatic nitrogens is 5. The predicted octanol–water partition coefficient (Wildman–Crippen LogP) is 5.41. The Bertz CT molecular complexity index is 1130. The molecule has 0 atom stereocenters. The summed E-state index contributed by atoms with van der Waals surface area (Å²) in [6.45, 7) is 2.16. The van der Waals surface area contributed by atoms with E-state index < -0.39 is 17.8 Å². The van der Waals surface area contributed by atoms with Crippen LogP contribution >= 0.6 is 46.6 Å². The highest BCUT2D eigenvalue weighted by Crippen LogP contribution is 2.33. The Morgan fingerprint density at radius 1 is 1.13 bits per heavy atom. The van der Waals surface area contributed by atoms with Crippen LogP contribution in [0.5, 0.6) is 0 Å². The molecule has 0 spiro atoms. The Morgan fingerprint density at radius 2 is 1.81 bits per heavy atom. The minimum Gasteiger partial charge on any atom is -0.324 e. The number of amides is 1. The number of hydrogen-bond donors (Lipinski definition) is 1. The molecule has 166 valence electrons. The first-order valence-electron chi connectivity index (χ1n) is 8.63. The summed E-state index contributed by atoms with van der Waals surface area (Å²) in [5.41, 5.74) is -0.572. The van der Waals surface area contributed by atoms with Crippen LogP contribution in [0.25, 0.3) is 11.5 Å². The number of alkyl halides is 3. The van der Waals surface area contributed by atoms with Crippen LogP contribution in [0.15, 0.2) is 23.4 Å². The molecule has 14 heteroatoms. The van der Waals surface area contributed by atoms with E-state index >= 15 is 0 Å². The highest BCUT2D eigenvalue weighted by Gasteiger charge is 2.35. The van der Waals surface area contributed by atoms with Crippen LogP contribution < -0.4 is 5.32 Å². The molecule has 3 aromatic rings. The number of halogens is 6. The fourth-order valence-corrected chi connectivity index (χ4v) is 4.02. The summed E-state index contributed by atoms with van der Waals surface area (Å²) in [4.78, 5) is 12.3.